The fraction of sp³-hybridized carbons (Fsp3) is 0.500. The summed E-state index contributed by atoms with van der Waals surface area (Å²) in [5.74, 6) is -3.44. The predicted octanol–water partition coefficient (Wildman–Crippen LogP) is 3.82. The van der Waals surface area contributed by atoms with Crippen molar-refractivity contribution in [2.24, 2.45) is 5.41 Å². The average molecular weight is 584 g/mol. The highest BCUT2D eigenvalue weighted by molar-refractivity contribution is 6.31. The van der Waals surface area contributed by atoms with Crippen molar-refractivity contribution in [1.82, 2.24) is 10.6 Å². The Labute approximate surface area is 236 Å². The molecule has 1 aliphatic heterocycles. The van der Waals surface area contributed by atoms with E-state index < -0.39 is 59.1 Å². The van der Waals surface area contributed by atoms with E-state index in [1.807, 2.05) is 13.8 Å². The number of rotatable bonds is 11. The van der Waals surface area contributed by atoms with Crippen molar-refractivity contribution in [3.05, 3.63) is 69.2 Å². The van der Waals surface area contributed by atoms with Gasteiger partial charge in [-0.2, -0.15) is 5.26 Å². The van der Waals surface area contributed by atoms with Crippen LogP contribution in [0.2, 0.25) is 10.0 Å². The lowest BCUT2D eigenvalue weighted by Gasteiger charge is -2.38. The third-order valence-corrected chi connectivity index (χ3v) is 7.97. The van der Waals surface area contributed by atoms with E-state index in [1.54, 1.807) is 0 Å². The van der Waals surface area contributed by atoms with Crippen LogP contribution >= 0.6 is 23.2 Å². The minimum Gasteiger partial charge on any atom is -0.396 e. The van der Waals surface area contributed by atoms with Crippen LogP contribution < -0.4 is 10.6 Å². The molecule has 0 aliphatic carbocycles. The largest absolute Gasteiger partial charge is 0.396 e. The maximum absolute atomic E-state index is 15.6. The van der Waals surface area contributed by atoms with E-state index in [4.69, 9.17) is 28.3 Å². The van der Waals surface area contributed by atoms with Gasteiger partial charge in [0, 0.05) is 35.7 Å². The summed E-state index contributed by atoms with van der Waals surface area (Å²) in [5.41, 5.74) is -2.43. The van der Waals surface area contributed by atoms with Crippen LogP contribution in [0.15, 0.2) is 36.4 Å². The van der Waals surface area contributed by atoms with Gasteiger partial charge in [0.05, 0.1) is 29.8 Å². The fourth-order valence-corrected chi connectivity index (χ4v) is 5.81. The summed E-state index contributed by atoms with van der Waals surface area (Å²) in [6.45, 7) is 3.15. The lowest BCUT2D eigenvalue weighted by Crippen LogP contribution is -2.46. The topological polar surface area (TPSA) is 126 Å². The number of benzene rings is 2. The van der Waals surface area contributed by atoms with Crippen molar-refractivity contribution in [3.63, 3.8) is 0 Å². The molecule has 2 aromatic rings. The van der Waals surface area contributed by atoms with Gasteiger partial charge in [-0.25, -0.2) is 8.78 Å². The molecule has 1 fully saturated rings. The molecule has 1 amide bonds. The van der Waals surface area contributed by atoms with Crippen LogP contribution in [0.1, 0.15) is 50.2 Å². The highest BCUT2D eigenvalue weighted by Crippen LogP contribution is 2.53. The summed E-state index contributed by atoms with van der Waals surface area (Å²) < 4.78 is 31.3. The number of hydrogen-bond acceptors (Lipinski definition) is 6. The molecule has 7 nitrogen and oxygen atoms in total. The number of halogens is 4. The van der Waals surface area contributed by atoms with Gasteiger partial charge >= 0.3 is 0 Å². The Morgan fingerprint density at radius 1 is 1.26 bits per heavy atom. The minimum atomic E-state index is -1.79. The number of amides is 1. The molecule has 0 bridgehead atoms. The van der Waals surface area contributed by atoms with Gasteiger partial charge in [0.1, 0.15) is 17.0 Å². The predicted molar refractivity (Wildman–Crippen MR) is 144 cm³/mol. The molecule has 0 saturated carbocycles. The third kappa shape index (κ3) is 6.54. The first-order valence-corrected chi connectivity index (χ1v) is 13.4. The second kappa shape index (κ2) is 12.9. The van der Waals surface area contributed by atoms with Crippen molar-refractivity contribution >= 4 is 29.1 Å². The van der Waals surface area contributed by atoms with Gasteiger partial charge in [0.25, 0.3) is 0 Å². The number of nitriles is 1. The molecule has 5 N–H and O–H groups in total. The molecule has 0 aromatic heterocycles. The molecule has 0 radical (unpaired) electrons. The van der Waals surface area contributed by atoms with Gasteiger partial charge in [-0.1, -0.05) is 55.2 Å². The second-order valence-electron chi connectivity index (χ2n) is 10.7. The van der Waals surface area contributed by atoms with E-state index in [9.17, 15) is 20.3 Å². The molecular formula is C28H33Cl2F2N3O4. The average Bonchev–Trinajstić information content (AvgIpc) is 3.19. The van der Waals surface area contributed by atoms with E-state index in [0.717, 1.165) is 6.07 Å². The minimum absolute atomic E-state index is 0.000973. The fourth-order valence-electron chi connectivity index (χ4n) is 5.46. The maximum Gasteiger partial charge on any atom is 0.237 e. The zero-order valence-electron chi connectivity index (χ0n) is 21.7. The molecule has 1 aliphatic rings. The summed E-state index contributed by atoms with van der Waals surface area (Å²) in [7, 11) is 0. The first-order valence-electron chi connectivity index (χ1n) is 12.7. The lowest BCUT2D eigenvalue weighted by atomic mass is 9.62. The van der Waals surface area contributed by atoms with Crippen molar-refractivity contribution in [3.8, 4) is 6.07 Å². The highest BCUT2D eigenvalue weighted by Gasteiger charge is 2.61. The number of aliphatic hydroxyl groups excluding tert-OH is 3. The Morgan fingerprint density at radius 2 is 1.97 bits per heavy atom. The first-order chi connectivity index (χ1) is 18.4. The number of carbonyl (C=O) groups is 1. The zero-order valence-corrected chi connectivity index (χ0v) is 23.2. The summed E-state index contributed by atoms with van der Waals surface area (Å²) in [6, 6.07) is 8.34. The number of aliphatic hydroxyl groups is 3. The summed E-state index contributed by atoms with van der Waals surface area (Å²) in [5, 5.41) is 45.0. The molecule has 0 spiro atoms. The van der Waals surface area contributed by atoms with E-state index in [-0.39, 0.29) is 47.2 Å². The van der Waals surface area contributed by atoms with Crippen LogP contribution in [0.4, 0.5) is 8.78 Å². The molecule has 39 heavy (non-hydrogen) atoms. The molecule has 11 heteroatoms. The van der Waals surface area contributed by atoms with Crippen LogP contribution in [0.3, 0.4) is 0 Å². The monoisotopic (exact) mass is 583 g/mol. The quantitative estimate of drug-likeness (QED) is 0.274. The maximum atomic E-state index is 15.6. The second-order valence-corrected chi connectivity index (χ2v) is 11.5. The number of carbonyl (C=O) groups excluding carboxylic acids is 1. The molecule has 212 valence electrons. The van der Waals surface area contributed by atoms with E-state index in [2.05, 4.69) is 16.7 Å². The zero-order chi connectivity index (χ0) is 29.0. The summed E-state index contributed by atoms with van der Waals surface area (Å²) >= 11 is 12.1. The molecule has 2 aromatic carbocycles. The Kier molecular flexibility index (Phi) is 10.3. The first kappa shape index (κ1) is 31.2. The van der Waals surface area contributed by atoms with Crippen molar-refractivity contribution < 1.29 is 28.9 Å². The van der Waals surface area contributed by atoms with Gasteiger partial charge in [0.2, 0.25) is 5.91 Å². The van der Waals surface area contributed by atoms with Crippen LogP contribution in [0, 0.1) is 28.4 Å². The lowest BCUT2D eigenvalue weighted by molar-refractivity contribution is -0.123. The van der Waals surface area contributed by atoms with Gasteiger partial charge in [-0.15, -0.1) is 0 Å². The third-order valence-electron chi connectivity index (χ3n) is 7.45. The standard InChI is InChI=1S/C28H33Cl2F2N3O4/c1-27(2,9-11-36)13-22-28(15-33,19-7-6-16(29)12-21(19)31)23(18-4-3-5-20(30)24(18)32)25(35-22)26(39)34-10-8-17(38)14-37/h3-7,12,17,22-23,25,35-38H,8-11,13-14H2,1-2H3,(H,34,39)/t17-,22-,23-,25+,28-/m0/s1. The Morgan fingerprint density at radius 3 is 2.59 bits per heavy atom. The van der Waals surface area contributed by atoms with Crippen molar-refractivity contribution in [2.75, 3.05) is 19.8 Å². The summed E-state index contributed by atoms with van der Waals surface area (Å²) in [6.07, 6.45) is -0.388. The van der Waals surface area contributed by atoms with Crippen LogP contribution in [0.5, 0.6) is 0 Å². The molecule has 3 rings (SSSR count). The smallest absolute Gasteiger partial charge is 0.237 e. The van der Waals surface area contributed by atoms with Crippen molar-refractivity contribution in [2.45, 2.75) is 62.6 Å². The number of nitrogens with zero attached hydrogens (tertiary/aromatic N) is 1. The SMILES string of the molecule is CC(C)(CCO)C[C@@H]1N[C@@H](C(=O)NCC[C@H](O)CO)[C@H](c2cccc(Cl)c2F)[C@@]1(C#N)c1ccc(Cl)cc1F. The highest BCUT2D eigenvalue weighted by atomic mass is 35.5. The van der Waals surface area contributed by atoms with Gasteiger partial charge < -0.3 is 26.0 Å². The van der Waals surface area contributed by atoms with Gasteiger partial charge in [0.15, 0.2) is 0 Å². The van der Waals surface area contributed by atoms with Crippen LogP contribution in [-0.4, -0.2) is 59.2 Å². The van der Waals surface area contributed by atoms with E-state index >= 15 is 8.78 Å². The normalized spacial score (nSPS) is 23.8. The Hall–Kier alpha value is -2.32. The Bertz CT molecular complexity index is 1230. The number of hydrogen-bond donors (Lipinski definition) is 5. The number of nitrogens with one attached hydrogen (secondary N) is 2. The van der Waals surface area contributed by atoms with Crippen LogP contribution in [-0.2, 0) is 10.2 Å². The molecular weight excluding hydrogens is 551 g/mol. The summed E-state index contributed by atoms with van der Waals surface area (Å²) in [4.78, 5) is 13.6. The molecule has 0 unspecified atom stereocenters. The van der Waals surface area contributed by atoms with E-state index in [1.165, 1.54) is 30.3 Å². The van der Waals surface area contributed by atoms with Gasteiger partial charge in [-0.05, 0) is 48.4 Å². The van der Waals surface area contributed by atoms with Crippen LogP contribution in [0.25, 0.3) is 0 Å². The molecule has 5 atom stereocenters. The van der Waals surface area contributed by atoms with E-state index in [0.29, 0.717) is 6.42 Å². The van der Waals surface area contributed by atoms with Crippen molar-refractivity contribution in [1.29, 1.82) is 5.26 Å². The molecule has 1 saturated heterocycles. The Balaban J connectivity index is 2.25. The molecule has 1 heterocycles. The van der Waals surface area contributed by atoms with Gasteiger partial charge in [-0.3, -0.25) is 4.79 Å².